The Hall–Kier alpha value is -0.890. The molecule has 2 nitrogen and oxygen atoms in total. The van der Waals surface area contributed by atoms with Crippen LogP contribution in [0.25, 0.3) is 0 Å². The predicted molar refractivity (Wildman–Crippen MR) is 74.1 cm³/mol. The summed E-state index contributed by atoms with van der Waals surface area (Å²) in [5, 5.41) is 3.55. The molecule has 96 valence electrons. The second kappa shape index (κ2) is 5.63. The number of rotatable bonds is 5. The minimum absolute atomic E-state index is 0.213. The summed E-state index contributed by atoms with van der Waals surface area (Å²) >= 11 is 0. The molecular weight excluding hydrogens is 208 g/mol. The molecule has 0 fully saturated rings. The van der Waals surface area contributed by atoms with Crippen molar-refractivity contribution >= 4 is 0 Å². The smallest absolute Gasteiger partial charge is 0.0300 e. The summed E-state index contributed by atoms with van der Waals surface area (Å²) < 4.78 is 0. The second-order valence-electron chi connectivity index (χ2n) is 6.63. The summed E-state index contributed by atoms with van der Waals surface area (Å²) in [5.74, 6) is 0. The quantitative estimate of drug-likeness (QED) is 0.844. The lowest BCUT2D eigenvalue weighted by Crippen LogP contribution is -2.38. The lowest BCUT2D eigenvalue weighted by Gasteiger charge is -2.28. The fourth-order valence-corrected chi connectivity index (χ4v) is 1.92. The summed E-state index contributed by atoms with van der Waals surface area (Å²) in [6, 6.07) is 4.17. The Morgan fingerprint density at radius 2 is 1.88 bits per heavy atom. The first-order valence-corrected chi connectivity index (χ1v) is 6.42. The molecule has 0 saturated carbocycles. The van der Waals surface area contributed by atoms with Gasteiger partial charge in [0.1, 0.15) is 0 Å². The highest BCUT2D eigenvalue weighted by atomic mass is 14.9. The molecule has 0 amide bonds. The summed E-state index contributed by atoms with van der Waals surface area (Å²) in [5.41, 5.74) is 1.86. The van der Waals surface area contributed by atoms with Crippen molar-refractivity contribution in [3.63, 3.8) is 0 Å². The van der Waals surface area contributed by atoms with Gasteiger partial charge in [0.2, 0.25) is 0 Å². The fraction of sp³-hybridized carbons (Fsp3) is 0.667. The van der Waals surface area contributed by atoms with Gasteiger partial charge in [0.25, 0.3) is 0 Å². The van der Waals surface area contributed by atoms with E-state index in [4.69, 9.17) is 0 Å². The lowest BCUT2D eigenvalue weighted by molar-refractivity contribution is 0.302. The lowest BCUT2D eigenvalue weighted by atomic mass is 9.83. The van der Waals surface area contributed by atoms with Gasteiger partial charge in [-0.05, 0) is 57.2 Å². The van der Waals surface area contributed by atoms with Crippen molar-refractivity contribution in [2.45, 2.75) is 53.0 Å². The Bertz CT molecular complexity index is 323. The number of nitrogens with zero attached hydrogens (tertiary/aromatic N) is 1. The number of hydrogen-bond acceptors (Lipinski definition) is 2. The SMILES string of the molecule is CC(C)(CCNC(C)(C)C)Cc1cccnc1. The zero-order chi connectivity index (χ0) is 12.9. The largest absolute Gasteiger partial charge is 0.312 e. The topological polar surface area (TPSA) is 24.9 Å². The van der Waals surface area contributed by atoms with Crippen molar-refractivity contribution in [3.05, 3.63) is 30.1 Å². The molecule has 0 saturated heterocycles. The average molecular weight is 234 g/mol. The zero-order valence-corrected chi connectivity index (χ0v) is 11.9. The van der Waals surface area contributed by atoms with E-state index in [1.54, 1.807) is 0 Å². The van der Waals surface area contributed by atoms with Crippen LogP contribution in [0.5, 0.6) is 0 Å². The van der Waals surface area contributed by atoms with Gasteiger partial charge in [-0.15, -0.1) is 0 Å². The normalized spacial score (nSPS) is 12.8. The molecular formula is C15H26N2. The van der Waals surface area contributed by atoms with E-state index in [-0.39, 0.29) is 5.54 Å². The van der Waals surface area contributed by atoms with Gasteiger partial charge in [0, 0.05) is 17.9 Å². The van der Waals surface area contributed by atoms with Crippen molar-refractivity contribution in [2.75, 3.05) is 6.54 Å². The molecule has 0 aliphatic heterocycles. The molecule has 2 heteroatoms. The number of nitrogens with one attached hydrogen (secondary N) is 1. The fourth-order valence-electron chi connectivity index (χ4n) is 1.92. The molecule has 0 aromatic carbocycles. The van der Waals surface area contributed by atoms with E-state index in [2.05, 4.69) is 51.0 Å². The Morgan fingerprint density at radius 1 is 1.18 bits per heavy atom. The number of pyridine rings is 1. The zero-order valence-electron chi connectivity index (χ0n) is 11.9. The molecule has 0 unspecified atom stereocenters. The van der Waals surface area contributed by atoms with Crippen molar-refractivity contribution in [1.29, 1.82) is 0 Å². The van der Waals surface area contributed by atoms with Crippen LogP contribution in [-0.2, 0) is 6.42 Å². The Labute approximate surface area is 106 Å². The van der Waals surface area contributed by atoms with Crippen LogP contribution in [0.2, 0.25) is 0 Å². The minimum Gasteiger partial charge on any atom is -0.312 e. The van der Waals surface area contributed by atoms with Gasteiger partial charge in [-0.3, -0.25) is 4.98 Å². The van der Waals surface area contributed by atoms with Gasteiger partial charge in [-0.2, -0.15) is 0 Å². The van der Waals surface area contributed by atoms with E-state index in [0.29, 0.717) is 5.41 Å². The first kappa shape index (κ1) is 14.2. The van der Waals surface area contributed by atoms with E-state index in [1.807, 2.05) is 18.5 Å². The van der Waals surface area contributed by atoms with Crippen molar-refractivity contribution in [3.8, 4) is 0 Å². The van der Waals surface area contributed by atoms with Gasteiger partial charge in [0.15, 0.2) is 0 Å². The standard InChI is InChI=1S/C15H26N2/c1-14(2,3)17-10-8-15(4,5)11-13-7-6-9-16-12-13/h6-7,9,12,17H,8,10-11H2,1-5H3. The summed E-state index contributed by atoms with van der Waals surface area (Å²) in [6.07, 6.45) is 6.07. The van der Waals surface area contributed by atoms with Gasteiger partial charge in [0.05, 0.1) is 0 Å². The maximum atomic E-state index is 4.17. The van der Waals surface area contributed by atoms with Crippen LogP contribution in [0.4, 0.5) is 0 Å². The van der Waals surface area contributed by atoms with Crippen LogP contribution in [0, 0.1) is 5.41 Å². The second-order valence-corrected chi connectivity index (χ2v) is 6.63. The first-order valence-electron chi connectivity index (χ1n) is 6.42. The molecule has 1 rings (SSSR count). The van der Waals surface area contributed by atoms with Crippen molar-refractivity contribution in [1.82, 2.24) is 10.3 Å². The summed E-state index contributed by atoms with van der Waals surface area (Å²) in [4.78, 5) is 4.17. The average Bonchev–Trinajstić information content (AvgIpc) is 2.15. The number of aromatic nitrogens is 1. The van der Waals surface area contributed by atoms with Crippen LogP contribution in [-0.4, -0.2) is 17.1 Å². The molecule has 0 bridgehead atoms. The summed E-state index contributed by atoms with van der Waals surface area (Å²) in [6.45, 7) is 12.3. The van der Waals surface area contributed by atoms with Crippen LogP contribution in [0.3, 0.4) is 0 Å². The Kier molecular flexibility index (Phi) is 4.70. The van der Waals surface area contributed by atoms with E-state index < -0.39 is 0 Å². The predicted octanol–water partition coefficient (Wildman–Crippen LogP) is 3.43. The van der Waals surface area contributed by atoms with Gasteiger partial charge < -0.3 is 5.32 Å². The first-order chi connectivity index (χ1) is 7.79. The molecule has 1 aromatic rings. The minimum atomic E-state index is 0.213. The van der Waals surface area contributed by atoms with Gasteiger partial charge in [-0.1, -0.05) is 19.9 Å². The van der Waals surface area contributed by atoms with Crippen molar-refractivity contribution < 1.29 is 0 Å². The highest BCUT2D eigenvalue weighted by Crippen LogP contribution is 2.25. The van der Waals surface area contributed by atoms with Crippen LogP contribution in [0.1, 0.15) is 46.6 Å². The van der Waals surface area contributed by atoms with Crippen LogP contribution >= 0.6 is 0 Å². The van der Waals surface area contributed by atoms with Crippen molar-refractivity contribution in [2.24, 2.45) is 5.41 Å². The molecule has 0 aliphatic rings. The molecule has 1 heterocycles. The molecule has 1 N–H and O–H groups in total. The van der Waals surface area contributed by atoms with Crippen LogP contribution < -0.4 is 5.32 Å². The van der Waals surface area contributed by atoms with Crippen LogP contribution in [0.15, 0.2) is 24.5 Å². The van der Waals surface area contributed by atoms with E-state index >= 15 is 0 Å². The van der Waals surface area contributed by atoms with Gasteiger partial charge >= 0.3 is 0 Å². The molecule has 1 aromatic heterocycles. The molecule has 0 atom stereocenters. The molecule has 0 radical (unpaired) electrons. The molecule has 0 spiro atoms. The van der Waals surface area contributed by atoms with E-state index in [1.165, 1.54) is 12.0 Å². The molecule has 17 heavy (non-hydrogen) atoms. The maximum Gasteiger partial charge on any atom is 0.0300 e. The van der Waals surface area contributed by atoms with E-state index in [0.717, 1.165) is 13.0 Å². The maximum absolute atomic E-state index is 4.17. The third-order valence-electron chi connectivity index (χ3n) is 2.86. The highest BCUT2D eigenvalue weighted by Gasteiger charge is 2.19. The highest BCUT2D eigenvalue weighted by molar-refractivity contribution is 5.10. The third kappa shape index (κ3) is 6.42. The monoisotopic (exact) mass is 234 g/mol. The summed E-state index contributed by atoms with van der Waals surface area (Å²) in [7, 11) is 0. The molecule has 0 aliphatic carbocycles. The Balaban J connectivity index is 2.41. The van der Waals surface area contributed by atoms with Gasteiger partial charge in [-0.25, -0.2) is 0 Å². The third-order valence-corrected chi connectivity index (χ3v) is 2.86. The number of hydrogen-bond donors (Lipinski definition) is 1. The van der Waals surface area contributed by atoms with E-state index in [9.17, 15) is 0 Å². The Morgan fingerprint density at radius 3 is 2.41 bits per heavy atom.